The van der Waals surface area contributed by atoms with Crippen LogP contribution >= 0.6 is 0 Å². The van der Waals surface area contributed by atoms with E-state index in [0.717, 1.165) is 16.9 Å². The SMILES string of the molecule is Cc1ccc(C(O)c2ccc(-c3ccccc3)cc2)o1. The first-order chi connectivity index (χ1) is 9.74. The molecule has 0 aliphatic rings. The first-order valence-corrected chi connectivity index (χ1v) is 6.64. The Morgan fingerprint density at radius 2 is 1.45 bits per heavy atom. The highest BCUT2D eigenvalue weighted by molar-refractivity contribution is 5.63. The van der Waals surface area contributed by atoms with Gasteiger partial charge < -0.3 is 9.52 Å². The zero-order valence-electron chi connectivity index (χ0n) is 11.3. The standard InChI is InChI=1S/C18H16O2/c1-13-7-12-17(20-13)18(19)16-10-8-15(9-11-16)14-5-3-2-4-6-14/h2-12,18-19H,1H3. The molecule has 0 fully saturated rings. The largest absolute Gasteiger partial charge is 0.463 e. The topological polar surface area (TPSA) is 33.4 Å². The molecule has 0 aliphatic heterocycles. The van der Waals surface area contributed by atoms with Crippen molar-refractivity contribution in [2.24, 2.45) is 0 Å². The van der Waals surface area contributed by atoms with Gasteiger partial charge in [0.05, 0.1) is 0 Å². The van der Waals surface area contributed by atoms with Gasteiger partial charge in [0.25, 0.3) is 0 Å². The molecule has 0 radical (unpaired) electrons. The summed E-state index contributed by atoms with van der Waals surface area (Å²) in [5, 5.41) is 10.3. The van der Waals surface area contributed by atoms with Gasteiger partial charge in [0, 0.05) is 0 Å². The van der Waals surface area contributed by atoms with Crippen molar-refractivity contribution in [3.05, 3.63) is 83.8 Å². The lowest BCUT2D eigenvalue weighted by Crippen LogP contribution is -1.97. The molecule has 0 aliphatic carbocycles. The summed E-state index contributed by atoms with van der Waals surface area (Å²) in [7, 11) is 0. The van der Waals surface area contributed by atoms with Crippen molar-refractivity contribution in [2.75, 3.05) is 0 Å². The van der Waals surface area contributed by atoms with E-state index < -0.39 is 6.10 Å². The molecule has 0 saturated heterocycles. The van der Waals surface area contributed by atoms with Gasteiger partial charge in [-0.05, 0) is 35.7 Å². The van der Waals surface area contributed by atoms with E-state index in [-0.39, 0.29) is 0 Å². The Kier molecular flexibility index (Phi) is 3.40. The van der Waals surface area contributed by atoms with Crippen molar-refractivity contribution in [2.45, 2.75) is 13.0 Å². The molecule has 3 rings (SSSR count). The van der Waals surface area contributed by atoms with E-state index in [1.54, 1.807) is 0 Å². The predicted molar refractivity (Wildman–Crippen MR) is 79.4 cm³/mol. The van der Waals surface area contributed by atoms with Crippen LogP contribution in [0.15, 0.2) is 71.1 Å². The third-order valence-corrected chi connectivity index (χ3v) is 3.36. The molecule has 20 heavy (non-hydrogen) atoms. The summed E-state index contributed by atoms with van der Waals surface area (Å²) in [5.74, 6) is 1.38. The molecule has 2 aromatic carbocycles. The van der Waals surface area contributed by atoms with E-state index in [0.29, 0.717) is 5.76 Å². The molecule has 0 bridgehead atoms. The molecule has 2 nitrogen and oxygen atoms in total. The number of aliphatic hydroxyl groups excluding tert-OH is 1. The smallest absolute Gasteiger partial charge is 0.137 e. The van der Waals surface area contributed by atoms with Crippen LogP contribution in [0.5, 0.6) is 0 Å². The second-order valence-corrected chi connectivity index (χ2v) is 4.84. The lowest BCUT2D eigenvalue weighted by Gasteiger charge is -2.09. The van der Waals surface area contributed by atoms with Crippen LogP contribution in [0.1, 0.15) is 23.2 Å². The number of aliphatic hydroxyl groups is 1. The molecule has 1 N–H and O–H groups in total. The highest BCUT2D eigenvalue weighted by atomic mass is 16.4. The Morgan fingerprint density at radius 3 is 2.05 bits per heavy atom. The van der Waals surface area contributed by atoms with E-state index in [2.05, 4.69) is 12.1 Å². The van der Waals surface area contributed by atoms with Crippen LogP contribution in [-0.2, 0) is 0 Å². The van der Waals surface area contributed by atoms with E-state index in [9.17, 15) is 5.11 Å². The van der Waals surface area contributed by atoms with E-state index >= 15 is 0 Å². The van der Waals surface area contributed by atoms with Crippen molar-refractivity contribution in [3.63, 3.8) is 0 Å². The first-order valence-electron chi connectivity index (χ1n) is 6.64. The van der Waals surface area contributed by atoms with Gasteiger partial charge in [-0.3, -0.25) is 0 Å². The summed E-state index contributed by atoms with van der Waals surface area (Å²) in [6.07, 6.45) is -0.714. The van der Waals surface area contributed by atoms with Crippen LogP contribution in [0.2, 0.25) is 0 Å². The summed E-state index contributed by atoms with van der Waals surface area (Å²) in [4.78, 5) is 0. The molecular weight excluding hydrogens is 248 g/mol. The zero-order valence-corrected chi connectivity index (χ0v) is 11.3. The minimum Gasteiger partial charge on any atom is -0.463 e. The van der Waals surface area contributed by atoms with Gasteiger partial charge in [0.2, 0.25) is 0 Å². The second kappa shape index (κ2) is 5.35. The van der Waals surface area contributed by atoms with Gasteiger partial charge in [-0.25, -0.2) is 0 Å². The molecule has 100 valence electrons. The van der Waals surface area contributed by atoms with E-state index in [4.69, 9.17) is 4.42 Å². The van der Waals surface area contributed by atoms with Crippen LogP contribution in [-0.4, -0.2) is 5.11 Å². The first kappa shape index (κ1) is 12.7. The quantitative estimate of drug-likeness (QED) is 0.763. The van der Waals surface area contributed by atoms with Gasteiger partial charge in [0.15, 0.2) is 0 Å². The van der Waals surface area contributed by atoms with Crippen LogP contribution in [0.4, 0.5) is 0 Å². The Morgan fingerprint density at radius 1 is 0.800 bits per heavy atom. The minimum atomic E-state index is -0.714. The number of hydrogen-bond donors (Lipinski definition) is 1. The third kappa shape index (κ3) is 2.51. The van der Waals surface area contributed by atoms with E-state index in [1.165, 1.54) is 5.56 Å². The van der Waals surface area contributed by atoms with Crippen molar-refractivity contribution < 1.29 is 9.52 Å². The van der Waals surface area contributed by atoms with Gasteiger partial charge >= 0.3 is 0 Å². The maximum Gasteiger partial charge on any atom is 0.137 e. The average Bonchev–Trinajstić information content (AvgIpc) is 2.94. The van der Waals surface area contributed by atoms with Crippen LogP contribution in [0.3, 0.4) is 0 Å². The molecular formula is C18H16O2. The summed E-state index contributed by atoms with van der Waals surface area (Å²) < 4.78 is 5.46. The fourth-order valence-corrected chi connectivity index (χ4v) is 2.25. The Labute approximate surface area is 118 Å². The van der Waals surface area contributed by atoms with E-state index in [1.807, 2.05) is 61.5 Å². The number of hydrogen-bond acceptors (Lipinski definition) is 2. The summed E-state index contributed by atoms with van der Waals surface area (Å²) in [6, 6.07) is 21.8. The summed E-state index contributed by atoms with van der Waals surface area (Å²) in [6.45, 7) is 1.87. The maximum atomic E-state index is 10.3. The Balaban J connectivity index is 1.86. The number of benzene rings is 2. The van der Waals surface area contributed by atoms with Crippen LogP contribution in [0.25, 0.3) is 11.1 Å². The number of rotatable bonds is 3. The van der Waals surface area contributed by atoms with Gasteiger partial charge in [-0.1, -0.05) is 54.6 Å². The van der Waals surface area contributed by atoms with Gasteiger partial charge in [-0.2, -0.15) is 0 Å². The molecule has 0 amide bonds. The lowest BCUT2D eigenvalue weighted by molar-refractivity contribution is 0.187. The van der Waals surface area contributed by atoms with Crippen molar-refractivity contribution in [1.29, 1.82) is 0 Å². The minimum absolute atomic E-state index is 0.579. The molecule has 0 spiro atoms. The highest BCUT2D eigenvalue weighted by Gasteiger charge is 2.13. The fraction of sp³-hybridized carbons (Fsp3) is 0.111. The predicted octanol–water partition coefficient (Wildman–Crippen LogP) is 4.34. The van der Waals surface area contributed by atoms with Crippen molar-refractivity contribution >= 4 is 0 Å². The number of aryl methyl sites for hydroxylation is 1. The van der Waals surface area contributed by atoms with Crippen molar-refractivity contribution in [3.8, 4) is 11.1 Å². The molecule has 1 heterocycles. The summed E-state index contributed by atoms with van der Waals surface area (Å²) in [5.41, 5.74) is 3.14. The maximum absolute atomic E-state index is 10.3. The molecule has 3 aromatic rings. The molecule has 2 heteroatoms. The summed E-state index contributed by atoms with van der Waals surface area (Å²) >= 11 is 0. The Bertz CT molecular complexity index is 681. The average molecular weight is 264 g/mol. The lowest BCUT2D eigenvalue weighted by atomic mass is 10.0. The zero-order chi connectivity index (χ0) is 13.9. The normalized spacial score (nSPS) is 12.3. The molecule has 0 saturated carbocycles. The monoisotopic (exact) mass is 264 g/mol. The fourth-order valence-electron chi connectivity index (χ4n) is 2.25. The van der Waals surface area contributed by atoms with Gasteiger partial charge in [0.1, 0.15) is 17.6 Å². The Hall–Kier alpha value is -2.32. The highest BCUT2D eigenvalue weighted by Crippen LogP contribution is 2.26. The molecule has 1 aromatic heterocycles. The van der Waals surface area contributed by atoms with Crippen LogP contribution < -0.4 is 0 Å². The second-order valence-electron chi connectivity index (χ2n) is 4.84. The van der Waals surface area contributed by atoms with Gasteiger partial charge in [-0.15, -0.1) is 0 Å². The number of furan rings is 1. The molecule has 1 atom stereocenters. The molecule has 1 unspecified atom stereocenters. The van der Waals surface area contributed by atoms with Crippen LogP contribution in [0, 0.1) is 6.92 Å². The van der Waals surface area contributed by atoms with Crippen molar-refractivity contribution in [1.82, 2.24) is 0 Å². The third-order valence-electron chi connectivity index (χ3n) is 3.36.